The Bertz CT molecular complexity index is 231. The van der Waals surface area contributed by atoms with Gasteiger partial charge in [0, 0.05) is 12.2 Å². The third-order valence-electron chi connectivity index (χ3n) is 1.50. The number of aliphatic hydroxyl groups is 2. The third kappa shape index (κ3) is 2.04. The van der Waals surface area contributed by atoms with Crippen LogP contribution in [0, 0.1) is 0 Å². The zero-order chi connectivity index (χ0) is 9.03. The zero-order valence-corrected chi connectivity index (χ0v) is 6.90. The predicted octanol–water partition coefficient (Wildman–Crippen LogP) is 0.818. The molecule has 0 atom stereocenters. The quantitative estimate of drug-likeness (QED) is 0.657. The van der Waals surface area contributed by atoms with Crippen LogP contribution in [0.1, 0.15) is 12.5 Å². The van der Waals surface area contributed by atoms with Gasteiger partial charge in [0.2, 0.25) is 0 Å². The summed E-state index contributed by atoms with van der Waals surface area (Å²) in [6.07, 6.45) is 0. The van der Waals surface area contributed by atoms with Crippen LogP contribution in [0.2, 0.25) is 0 Å². The molecule has 66 valence electrons. The molecule has 0 fully saturated rings. The molecule has 0 bridgehead atoms. The summed E-state index contributed by atoms with van der Waals surface area (Å²) < 4.78 is 4.73. The molecular weight excluding hydrogens is 156 g/mol. The number of ether oxygens (including phenoxy) is 1. The summed E-state index contributed by atoms with van der Waals surface area (Å²) >= 11 is 0. The highest BCUT2D eigenvalue weighted by atomic mass is 16.8. The van der Waals surface area contributed by atoms with E-state index < -0.39 is 5.97 Å². The molecule has 0 saturated heterocycles. The average Bonchev–Trinajstić information content (AvgIpc) is 2.06. The van der Waals surface area contributed by atoms with Crippen molar-refractivity contribution in [1.82, 2.24) is 0 Å². The van der Waals surface area contributed by atoms with Gasteiger partial charge in [0.05, 0.1) is 0 Å². The molecule has 0 unspecified atom stereocenters. The molecule has 0 amide bonds. The SMILES string of the molecule is CCOC(O)(O)c1ccccc1. The first kappa shape index (κ1) is 9.19. The van der Waals surface area contributed by atoms with E-state index in [2.05, 4.69) is 0 Å². The molecule has 0 heterocycles. The number of hydrogen-bond donors (Lipinski definition) is 2. The van der Waals surface area contributed by atoms with Crippen molar-refractivity contribution in [3.05, 3.63) is 35.9 Å². The first-order valence-electron chi connectivity index (χ1n) is 3.81. The monoisotopic (exact) mass is 168 g/mol. The van der Waals surface area contributed by atoms with E-state index in [0.717, 1.165) is 0 Å². The third-order valence-corrected chi connectivity index (χ3v) is 1.50. The van der Waals surface area contributed by atoms with Crippen LogP contribution < -0.4 is 0 Å². The molecule has 3 nitrogen and oxygen atoms in total. The van der Waals surface area contributed by atoms with E-state index in [1.165, 1.54) is 0 Å². The van der Waals surface area contributed by atoms with Gasteiger partial charge in [-0.05, 0) is 6.92 Å². The summed E-state index contributed by atoms with van der Waals surface area (Å²) in [4.78, 5) is 0. The Morgan fingerprint density at radius 1 is 1.25 bits per heavy atom. The van der Waals surface area contributed by atoms with Crippen LogP contribution in [0.4, 0.5) is 0 Å². The molecule has 3 heteroatoms. The first-order valence-corrected chi connectivity index (χ1v) is 3.81. The van der Waals surface area contributed by atoms with Crippen molar-refractivity contribution >= 4 is 0 Å². The summed E-state index contributed by atoms with van der Waals surface area (Å²) in [6, 6.07) is 8.42. The van der Waals surface area contributed by atoms with Crippen molar-refractivity contribution in [2.45, 2.75) is 12.9 Å². The molecule has 0 saturated carbocycles. The van der Waals surface area contributed by atoms with Crippen molar-refractivity contribution in [3.63, 3.8) is 0 Å². The summed E-state index contributed by atoms with van der Waals surface area (Å²) in [7, 11) is 0. The second-order valence-electron chi connectivity index (χ2n) is 2.41. The van der Waals surface area contributed by atoms with Gasteiger partial charge in [-0.1, -0.05) is 30.3 Å². The van der Waals surface area contributed by atoms with E-state index in [1.54, 1.807) is 37.3 Å². The predicted molar refractivity (Wildman–Crippen MR) is 44.2 cm³/mol. The Morgan fingerprint density at radius 2 is 1.83 bits per heavy atom. The van der Waals surface area contributed by atoms with Gasteiger partial charge in [-0.2, -0.15) is 0 Å². The van der Waals surface area contributed by atoms with E-state index in [4.69, 9.17) is 4.74 Å². The second kappa shape index (κ2) is 3.67. The Hall–Kier alpha value is -0.900. The number of benzene rings is 1. The minimum atomic E-state index is -2.16. The van der Waals surface area contributed by atoms with E-state index in [0.29, 0.717) is 5.56 Å². The smallest absolute Gasteiger partial charge is 0.306 e. The Kier molecular flexibility index (Phi) is 2.81. The van der Waals surface area contributed by atoms with Crippen LogP contribution in [0.5, 0.6) is 0 Å². The van der Waals surface area contributed by atoms with E-state index >= 15 is 0 Å². The van der Waals surface area contributed by atoms with Gasteiger partial charge in [0.25, 0.3) is 0 Å². The maximum Gasteiger partial charge on any atom is 0.306 e. The van der Waals surface area contributed by atoms with Crippen LogP contribution in [0.3, 0.4) is 0 Å². The van der Waals surface area contributed by atoms with Gasteiger partial charge < -0.3 is 14.9 Å². The lowest BCUT2D eigenvalue weighted by Gasteiger charge is -2.20. The molecule has 0 aliphatic carbocycles. The maximum absolute atomic E-state index is 9.32. The molecule has 0 aromatic heterocycles. The van der Waals surface area contributed by atoms with Gasteiger partial charge >= 0.3 is 5.97 Å². The molecule has 1 aromatic carbocycles. The fourth-order valence-electron chi connectivity index (χ4n) is 0.940. The average molecular weight is 168 g/mol. The summed E-state index contributed by atoms with van der Waals surface area (Å²) in [5, 5.41) is 18.6. The summed E-state index contributed by atoms with van der Waals surface area (Å²) in [5.41, 5.74) is 0.340. The molecule has 12 heavy (non-hydrogen) atoms. The van der Waals surface area contributed by atoms with Crippen LogP contribution in [-0.4, -0.2) is 16.8 Å². The summed E-state index contributed by atoms with van der Waals surface area (Å²) in [5.74, 6) is -2.16. The highest BCUT2D eigenvalue weighted by molar-refractivity contribution is 5.17. The van der Waals surface area contributed by atoms with Crippen molar-refractivity contribution in [2.24, 2.45) is 0 Å². The molecule has 2 N–H and O–H groups in total. The van der Waals surface area contributed by atoms with Crippen LogP contribution >= 0.6 is 0 Å². The van der Waals surface area contributed by atoms with E-state index in [-0.39, 0.29) is 6.61 Å². The lowest BCUT2D eigenvalue weighted by molar-refractivity contribution is -0.348. The second-order valence-corrected chi connectivity index (χ2v) is 2.41. The van der Waals surface area contributed by atoms with Gasteiger partial charge in [0.15, 0.2) is 0 Å². The lowest BCUT2D eigenvalue weighted by atomic mass is 10.2. The summed E-state index contributed by atoms with van der Waals surface area (Å²) in [6.45, 7) is 1.95. The molecular formula is C9H12O3. The Balaban J connectivity index is 2.82. The van der Waals surface area contributed by atoms with Gasteiger partial charge in [-0.15, -0.1) is 0 Å². The highest BCUT2D eigenvalue weighted by Crippen LogP contribution is 2.18. The van der Waals surface area contributed by atoms with Crippen molar-refractivity contribution in [1.29, 1.82) is 0 Å². The van der Waals surface area contributed by atoms with Crippen molar-refractivity contribution in [3.8, 4) is 0 Å². The minimum absolute atomic E-state index is 0.252. The fourth-order valence-corrected chi connectivity index (χ4v) is 0.940. The fraction of sp³-hybridized carbons (Fsp3) is 0.333. The minimum Gasteiger partial charge on any atom is -0.340 e. The first-order chi connectivity index (χ1) is 5.67. The van der Waals surface area contributed by atoms with Crippen LogP contribution in [0.25, 0.3) is 0 Å². The Morgan fingerprint density at radius 3 is 2.33 bits per heavy atom. The topological polar surface area (TPSA) is 49.7 Å². The highest BCUT2D eigenvalue weighted by Gasteiger charge is 2.25. The van der Waals surface area contributed by atoms with Crippen molar-refractivity contribution in [2.75, 3.05) is 6.61 Å². The number of hydrogen-bond acceptors (Lipinski definition) is 3. The Labute approximate surface area is 71.2 Å². The molecule has 0 aliphatic rings. The zero-order valence-electron chi connectivity index (χ0n) is 6.90. The van der Waals surface area contributed by atoms with E-state index in [1.807, 2.05) is 0 Å². The van der Waals surface area contributed by atoms with Gasteiger partial charge in [0.1, 0.15) is 0 Å². The largest absolute Gasteiger partial charge is 0.340 e. The van der Waals surface area contributed by atoms with E-state index in [9.17, 15) is 10.2 Å². The molecule has 0 aliphatic heterocycles. The van der Waals surface area contributed by atoms with Gasteiger partial charge in [-0.3, -0.25) is 0 Å². The lowest BCUT2D eigenvalue weighted by Crippen LogP contribution is -2.28. The normalized spacial score (nSPS) is 11.6. The van der Waals surface area contributed by atoms with Crippen LogP contribution in [-0.2, 0) is 10.7 Å². The van der Waals surface area contributed by atoms with Crippen LogP contribution in [0.15, 0.2) is 30.3 Å². The molecule has 1 rings (SSSR count). The van der Waals surface area contributed by atoms with Crippen molar-refractivity contribution < 1.29 is 14.9 Å². The molecule has 0 radical (unpaired) electrons. The molecule has 1 aromatic rings. The standard InChI is InChI=1S/C9H12O3/c1-2-12-9(10,11)8-6-4-3-5-7-8/h3-7,10-11H,2H2,1H3. The number of rotatable bonds is 3. The maximum atomic E-state index is 9.32. The molecule has 0 spiro atoms. The van der Waals surface area contributed by atoms with Gasteiger partial charge in [-0.25, -0.2) is 0 Å².